The Morgan fingerprint density at radius 2 is 2.03 bits per heavy atom. The van der Waals surface area contributed by atoms with Crippen molar-refractivity contribution in [3.8, 4) is 11.1 Å². The van der Waals surface area contributed by atoms with Gasteiger partial charge >= 0.3 is 0 Å². The number of carbonyl (C=O) groups is 1. The van der Waals surface area contributed by atoms with Crippen molar-refractivity contribution in [1.82, 2.24) is 29.9 Å². The van der Waals surface area contributed by atoms with E-state index in [1.807, 2.05) is 30.7 Å². The smallest absolute Gasteiger partial charge is 0.242 e. The number of hydrogen-bond acceptors (Lipinski definition) is 4. The van der Waals surface area contributed by atoms with Gasteiger partial charge in [0.2, 0.25) is 5.91 Å². The number of rotatable bonds is 6. The molecule has 0 unspecified atom stereocenters. The van der Waals surface area contributed by atoms with Crippen LogP contribution in [0.3, 0.4) is 0 Å². The molecule has 4 rings (SSSR count). The Hall–Kier alpha value is -3.00. The molecule has 0 radical (unpaired) electrons. The summed E-state index contributed by atoms with van der Waals surface area (Å²) < 4.78 is 4.41. The van der Waals surface area contributed by atoms with E-state index < -0.39 is 0 Å². The average Bonchev–Trinajstić information content (AvgIpc) is 3.25. The molecule has 0 spiro atoms. The van der Waals surface area contributed by atoms with Gasteiger partial charge in [-0.2, -0.15) is 10.2 Å². The minimum absolute atomic E-state index is 0.104. The number of benzene rings is 1. The molecule has 3 heterocycles. The first-order chi connectivity index (χ1) is 14.5. The maximum atomic E-state index is 12.6. The molecular weight excluding hydrogens is 444 g/mol. The fourth-order valence-corrected chi connectivity index (χ4v) is 4.09. The van der Waals surface area contributed by atoms with Gasteiger partial charge in [-0.05, 0) is 53.9 Å². The third kappa shape index (κ3) is 3.87. The van der Waals surface area contributed by atoms with Gasteiger partial charge in [0.15, 0.2) is 5.65 Å². The minimum atomic E-state index is -0.127. The molecule has 0 saturated carbocycles. The molecule has 30 heavy (non-hydrogen) atoms. The molecule has 0 bridgehead atoms. The summed E-state index contributed by atoms with van der Waals surface area (Å²) >= 11 is 3.48. The van der Waals surface area contributed by atoms with E-state index in [4.69, 9.17) is 0 Å². The van der Waals surface area contributed by atoms with Crippen molar-refractivity contribution in [1.29, 1.82) is 0 Å². The van der Waals surface area contributed by atoms with E-state index in [9.17, 15) is 4.79 Å². The van der Waals surface area contributed by atoms with Crippen molar-refractivity contribution in [2.24, 2.45) is 0 Å². The van der Waals surface area contributed by atoms with E-state index in [-0.39, 0.29) is 12.5 Å². The van der Waals surface area contributed by atoms with Gasteiger partial charge in [-0.25, -0.2) is 9.67 Å². The van der Waals surface area contributed by atoms with Crippen LogP contribution in [0.4, 0.5) is 0 Å². The number of amides is 1. The SMILES string of the molecule is CCn1ncc(Br)c1CNC(=O)Cn1nc(C)c2c(-c3cccc(C)c3)ccnc21. The molecule has 0 aliphatic rings. The molecule has 1 N–H and O–H groups in total. The lowest BCUT2D eigenvalue weighted by Gasteiger charge is -2.09. The highest BCUT2D eigenvalue weighted by molar-refractivity contribution is 9.10. The summed E-state index contributed by atoms with van der Waals surface area (Å²) in [6, 6.07) is 10.3. The monoisotopic (exact) mass is 466 g/mol. The third-order valence-electron chi connectivity index (χ3n) is 5.08. The number of nitrogens with zero attached hydrogens (tertiary/aromatic N) is 5. The Labute approximate surface area is 183 Å². The number of hydrogen-bond donors (Lipinski definition) is 1. The molecule has 0 saturated heterocycles. The highest BCUT2D eigenvalue weighted by Gasteiger charge is 2.16. The van der Waals surface area contributed by atoms with Crippen LogP contribution in [-0.2, 0) is 24.4 Å². The fourth-order valence-electron chi connectivity index (χ4n) is 3.66. The standard InChI is InChI=1S/C22H23BrN6O/c1-4-28-19(18(23)11-26-28)12-25-20(30)13-29-22-21(15(3)27-29)17(8-9-24-22)16-7-5-6-14(2)10-16/h5-11H,4,12-13H2,1-3H3,(H,25,30). The number of aromatic nitrogens is 5. The van der Waals surface area contributed by atoms with Gasteiger partial charge < -0.3 is 5.32 Å². The number of pyridine rings is 1. The molecule has 4 aromatic rings. The molecule has 0 aliphatic heterocycles. The lowest BCUT2D eigenvalue weighted by molar-refractivity contribution is -0.122. The predicted octanol–water partition coefficient (Wildman–Crippen LogP) is 4.01. The van der Waals surface area contributed by atoms with Crippen LogP contribution in [0.5, 0.6) is 0 Å². The number of carbonyl (C=O) groups excluding carboxylic acids is 1. The quantitative estimate of drug-likeness (QED) is 0.465. The van der Waals surface area contributed by atoms with E-state index >= 15 is 0 Å². The minimum Gasteiger partial charge on any atom is -0.349 e. The Morgan fingerprint density at radius 3 is 2.80 bits per heavy atom. The van der Waals surface area contributed by atoms with Crippen LogP contribution in [0.15, 0.2) is 47.2 Å². The van der Waals surface area contributed by atoms with Crippen LogP contribution < -0.4 is 5.32 Å². The maximum absolute atomic E-state index is 12.6. The number of aryl methyl sites for hydroxylation is 3. The Morgan fingerprint density at radius 1 is 1.20 bits per heavy atom. The lowest BCUT2D eigenvalue weighted by Crippen LogP contribution is -2.28. The second-order valence-electron chi connectivity index (χ2n) is 7.20. The van der Waals surface area contributed by atoms with E-state index in [1.165, 1.54) is 5.56 Å². The average molecular weight is 467 g/mol. The van der Waals surface area contributed by atoms with E-state index in [0.29, 0.717) is 12.2 Å². The zero-order valence-electron chi connectivity index (χ0n) is 17.2. The molecule has 7 nitrogen and oxygen atoms in total. The molecule has 1 aromatic carbocycles. The van der Waals surface area contributed by atoms with E-state index in [2.05, 4.69) is 61.6 Å². The molecule has 8 heteroatoms. The normalized spacial score (nSPS) is 11.2. The first-order valence-electron chi connectivity index (χ1n) is 9.84. The van der Waals surface area contributed by atoms with E-state index in [1.54, 1.807) is 17.1 Å². The van der Waals surface area contributed by atoms with Gasteiger partial charge in [0.25, 0.3) is 0 Å². The first kappa shape index (κ1) is 20.3. The topological polar surface area (TPSA) is 77.6 Å². The molecule has 1 amide bonds. The van der Waals surface area contributed by atoms with Gasteiger partial charge in [0.05, 0.1) is 28.6 Å². The molecular formula is C22H23BrN6O. The zero-order valence-corrected chi connectivity index (χ0v) is 18.8. The van der Waals surface area contributed by atoms with Crippen LogP contribution in [-0.4, -0.2) is 30.5 Å². The Balaban J connectivity index is 1.59. The van der Waals surface area contributed by atoms with Crippen LogP contribution in [0, 0.1) is 13.8 Å². The summed E-state index contributed by atoms with van der Waals surface area (Å²) in [4.78, 5) is 17.1. The number of nitrogens with one attached hydrogen (secondary N) is 1. The zero-order chi connectivity index (χ0) is 21.3. The van der Waals surface area contributed by atoms with Crippen LogP contribution in [0.2, 0.25) is 0 Å². The van der Waals surface area contributed by atoms with Gasteiger partial charge in [-0.15, -0.1) is 0 Å². The molecule has 0 aliphatic carbocycles. The van der Waals surface area contributed by atoms with Gasteiger partial charge in [-0.1, -0.05) is 29.8 Å². The second kappa shape index (κ2) is 8.39. The third-order valence-corrected chi connectivity index (χ3v) is 5.74. The summed E-state index contributed by atoms with van der Waals surface area (Å²) in [7, 11) is 0. The summed E-state index contributed by atoms with van der Waals surface area (Å²) in [6.07, 6.45) is 3.51. The summed E-state index contributed by atoms with van der Waals surface area (Å²) in [5.74, 6) is -0.127. The fraction of sp³-hybridized carbons (Fsp3) is 0.273. The predicted molar refractivity (Wildman–Crippen MR) is 120 cm³/mol. The Kier molecular flexibility index (Phi) is 5.67. The summed E-state index contributed by atoms with van der Waals surface area (Å²) in [5.41, 5.74) is 5.89. The highest BCUT2D eigenvalue weighted by Crippen LogP contribution is 2.30. The van der Waals surface area contributed by atoms with Crippen LogP contribution in [0.1, 0.15) is 23.9 Å². The summed E-state index contributed by atoms with van der Waals surface area (Å²) in [5, 5.41) is 12.8. The van der Waals surface area contributed by atoms with Gasteiger partial charge in [-0.3, -0.25) is 9.48 Å². The maximum Gasteiger partial charge on any atom is 0.242 e. The number of fused-ring (bicyclic) bond motifs is 1. The van der Waals surface area contributed by atoms with E-state index in [0.717, 1.165) is 38.9 Å². The molecule has 0 atom stereocenters. The first-order valence-corrected chi connectivity index (χ1v) is 10.6. The van der Waals surface area contributed by atoms with Crippen molar-refractivity contribution >= 4 is 32.9 Å². The molecule has 154 valence electrons. The highest BCUT2D eigenvalue weighted by atomic mass is 79.9. The van der Waals surface area contributed by atoms with Crippen molar-refractivity contribution in [2.75, 3.05) is 0 Å². The Bertz CT molecular complexity index is 1230. The van der Waals surface area contributed by atoms with Crippen LogP contribution in [0.25, 0.3) is 22.2 Å². The largest absolute Gasteiger partial charge is 0.349 e. The van der Waals surface area contributed by atoms with Crippen molar-refractivity contribution in [2.45, 2.75) is 40.4 Å². The van der Waals surface area contributed by atoms with Crippen molar-refractivity contribution in [3.63, 3.8) is 0 Å². The van der Waals surface area contributed by atoms with Crippen molar-refractivity contribution < 1.29 is 4.79 Å². The van der Waals surface area contributed by atoms with Gasteiger partial charge in [0.1, 0.15) is 6.54 Å². The van der Waals surface area contributed by atoms with Crippen molar-refractivity contribution in [3.05, 3.63) is 64.1 Å². The lowest BCUT2D eigenvalue weighted by atomic mass is 10.0. The summed E-state index contributed by atoms with van der Waals surface area (Å²) in [6.45, 7) is 7.28. The number of halogens is 1. The molecule has 0 fully saturated rings. The second-order valence-corrected chi connectivity index (χ2v) is 8.06. The van der Waals surface area contributed by atoms with Gasteiger partial charge in [0, 0.05) is 18.1 Å². The molecule has 3 aromatic heterocycles. The van der Waals surface area contributed by atoms with Crippen LogP contribution >= 0.6 is 15.9 Å².